The molecule has 8 heteroatoms. The van der Waals surface area contributed by atoms with E-state index in [1.165, 1.54) is 5.48 Å². The summed E-state index contributed by atoms with van der Waals surface area (Å²) in [4.78, 5) is 35.7. The van der Waals surface area contributed by atoms with Gasteiger partial charge in [0.15, 0.2) is 0 Å². The molecule has 3 amide bonds. The molecule has 8 nitrogen and oxygen atoms in total. The van der Waals surface area contributed by atoms with Crippen molar-refractivity contribution in [2.75, 3.05) is 13.2 Å². The zero-order valence-corrected chi connectivity index (χ0v) is 14.2. The summed E-state index contributed by atoms with van der Waals surface area (Å²) in [6.45, 7) is 2.31. The molecule has 25 heavy (non-hydrogen) atoms. The molecule has 0 heterocycles. The molecule has 0 saturated heterocycles. The maximum Gasteiger partial charge on any atom is 0.251 e. The number of carbonyl (C=O) groups is 3. The number of hydrogen-bond donors (Lipinski definition) is 5. The molecule has 138 valence electrons. The predicted molar refractivity (Wildman–Crippen MR) is 90.9 cm³/mol. The summed E-state index contributed by atoms with van der Waals surface area (Å²) < 4.78 is 0. The maximum atomic E-state index is 12.3. The fraction of sp³-hybridized carbons (Fsp3) is 0.471. The number of hydroxylamine groups is 1. The van der Waals surface area contributed by atoms with Gasteiger partial charge in [0.2, 0.25) is 11.8 Å². The number of aliphatic hydroxyl groups is 1. The van der Waals surface area contributed by atoms with Crippen LogP contribution in [-0.4, -0.2) is 47.2 Å². The molecular weight excluding hydrogens is 326 g/mol. The molecule has 1 atom stereocenters. The highest BCUT2D eigenvalue weighted by molar-refractivity contribution is 5.97. The van der Waals surface area contributed by atoms with Crippen LogP contribution in [0.15, 0.2) is 24.3 Å². The van der Waals surface area contributed by atoms with Crippen LogP contribution < -0.4 is 16.1 Å². The monoisotopic (exact) mass is 351 g/mol. The summed E-state index contributed by atoms with van der Waals surface area (Å²) in [5.74, 6) is -1.47. The molecule has 0 aliphatic heterocycles. The SMILES string of the molecule is Cc1ccc(C(=O)N[C@@H](CCC(=O)NO)C(=O)NCCCCO)cc1. The van der Waals surface area contributed by atoms with Gasteiger partial charge >= 0.3 is 0 Å². The van der Waals surface area contributed by atoms with Crippen LogP contribution in [0.1, 0.15) is 41.6 Å². The average molecular weight is 351 g/mol. The van der Waals surface area contributed by atoms with E-state index >= 15 is 0 Å². The Morgan fingerprint density at radius 3 is 2.40 bits per heavy atom. The number of aliphatic hydroxyl groups excluding tert-OH is 1. The first kappa shape index (κ1) is 20.6. The largest absolute Gasteiger partial charge is 0.396 e. The highest BCUT2D eigenvalue weighted by Crippen LogP contribution is 2.05. The first-order valence-electron chi connectivity index (χ1n) is 8.17. The Hall–Kier alpha value is -2.45. The van der Waals surface area contributed by atoms with Crippen LogP contribution in [0, 0.1) is 6.92 Å². The minimum Gasteiger partial charge on any atom is -0.396 e. The van der Waals surface area contributed by atoms with Gasteiger partial charge in [0.1, 0.15) is 6.04 Å². The number of aryl methyl sites for hydroxylation is 1. The highest BCUT2D eigenvalue weighted by Gasteiger charge is 2.22. The zero-order chi connectivity index (χ0) is 18.7. The van der Waals surface area contributed by atoms with Crippen molar-refractivity contribution in [2.45, 2.75) is 38.6 Å². The Morgan fingerprint density at radius 1 is 1.12 bits per heavy atom. The predicted octanol–water partition coefficient (Wildman–Crippen LogP) is 0.268. The van der Waals surface area contributed by atoms with Gasteiger partial charge in [0, 0.05) is 25.1 Å². The zero-order valence-electron chi connectivity index (χ0n) is 14.2. The van der Waals surface area contributed by atoms with Gasteiger partial charge in [-0.1, -0.05) is 17.7 Å². The van der Waals surface area contributed by atoms with Crippen molar-refractivity contribution < 1.29 is 24.7 Å². The smallest absolute Gasteiger partial charge is 0.251 e. The van der Waals surface area contributed by atoms with E-state index in [0.29, 0.717) is 24.9 Å². The molecule has 0 bridgehead atoms. The second-order valence-corrected chi connectivity index (χ2v) is 5.69. The quantitative estimate of drug-likeness (QED) is 0.235. The second-order valence-electron chi connectivity index (χ2n) is 5.69. The molecule has 5 N–H and O–H groups in total. The van der Waals surface area contributed by atoms with Crippen LogP contribution in [-0.2, 0) is 9.59 Å². The number of hydrogen-bond acceptors (Lipinski definition) is 5. The number of carbonyl (C=O) groups excluding carboxylic acids is 3. The Bertz CT molecular complexity index is 574. The van der Waals surface area contributed by atoms with Crippen LogP contribution in [0.4, 0.5) is 0 Å². The van der Waals surface area contributed by atoms with Gasteiger partial charge in [-0.05, 0) is 38.3 Å². The molecule has 1 rings (SSSR count). The molecule has 0 aliphatic carbocycles. The summed E-state index contributed by atoms with van der Waals surface area (Å²) >= 11 is 0. The third-order valence-corrected chi connectivity index (χ3v) is 3.60. The number of rotatable bonds is 10. The third kappa shape index (κ3) is 7.77. The minimum absolute atomic E-state index is 0.0418. The Balaban J connectivity index is 2.68. The Labute approximate surface area is 146 Å². The van der Waals surface area contributed by atoms with Crippen molar-refractivity contribution in [2.24, 2.45) is 0 Å². The highest BCUT2D eigenvalue weighted by atomic mass is 16.5. The Morgan fingerprint density at radius 2 is 1.80 bits per heavy atom. The van der Waals surface area contributed by atoms with Crippen LogP contribution in [0.2, 0.25) is 0 Å². The normalized spacial score (nSPS) is 11.5. The van der Waals surface area contributed by atoms with E-state index in [1.807, 2.05) is 6.92 Å². The van der Waals surface area contributed by atoms with E-state index in [1.54, 1.807) is 24.3 Å². The van der Waals surface area contributed by atoms with Gasteiger partial charge in [-0.15, -0.1) is 0 Å². The molecule has 0 saturated carbocycles. The molecule has 0 aromatic heterocycles. The van der Waals surface area contributed by atoms with E-state index < -0.39 is 23.8 Å². The molecule has 0 unspecified atom stereocenters. The molecule has 0 fully saturated rings. The van der Waals surface area contributed by atoms with Crippen LogP contribution in [0.25, 0.3) is 0 Å². The van der Waals surface area contributed by atoms with Gasteiger partial charge in [0.25, 0.3) is 5.91 Å². The van der Waals surface area contributed by atoms with Crippen molar-refractivity contribution in [1.82, 2.24) is 16.1 Å². The molecular formula is C17H25N3O5. The summed E-state index contributed by atoms with van der Waals surface area (Å²) in [6, 6.07) is 5.99. The van der Waals surface area contributed by atoms with Gasteiger partial charge in [-0.3, -0.25) is 19.6 Å². The first-order valence-corrected chi connectivity index (χ1v) is 8.17. The number of amides is 3. The van der Waals surface area contributed by atoms with Gasteiger partial charge in [-0.2, -0.15) is 0 Å². The topological polar surface area (TPSA) is 128 Å². The van der Waals surface area contributed by atoms with E-state index in [0.717, 1.165) is 5.56 Å². The summed E-state index contributed by atoms with van der Waals surface area (Å²) in [6.07, 6.45) is 1.11. The fourth-order valence-electron chi connectivity index (χ4n) is 2.12. The standard InChI is InChI=1S/C17H25N3O5/c1-12-4-6-13(7-5-12)16(23)19-14(8-9-15(22)20-25)17(24)18-10-2-3-11-21/h4-7,14,21,25H,2-3,8-11H2,1H3,(H,18,24)(H,19,23)(H,20,22)/t14-/m0/s1. The maximum absolute atomic E-state index is 12.3. The number of benzene rings is 1. The number of unbranched alkanes of at least 4 members (excludes halogenated alkanes) is 1. The lowest BCUT2D eigenvalue weighted by molar-refractivity contribution is -0.129. The van der Waals surface area contributed by atoms with Gasteiger partial charge in [0.05, 0.1) is 0 Å². The second kappa shape index (κ2) is 11.2. The fourth-order valence-corrected chi connectivity index (χ4v) is 2.12. The minimum atomic E-state index is -0.903. The van der Waals surface area contributed by atoms with Crippen LogP contribution >= 0.6 is 0 Å². The van der Waals surface area contributed by atoms with Crippen LogP contribution in [0.5, 0.6) is 0 Å². The van der Waals surface area contributed by atoms with Crippen molar-refractivity contribution in [3.05, 3.63) is 35.4 Å². The van der Waals surface area contributed by atoms with Gasteiger partial charge in [-0.25, -0.2) is 5.48 Å². The van der Waals surface area contributed by atoms with E-state index in [2.05, 4.69) is 10.6 Å². The van der Waals surface area contributed by atoms with Gasteiger partial charge < -0.3 is 15.7 Å². The summed E-state index contributed by atoms with van der Waals surface area (Å²) in [5.41, 5.74) is 2.92. The van der Waals surface area contributed by atoms with Crippen molar-refractivity contribution in [3.63, 3.8) is 0 Å². The molecule has 0 aliphatic rings. The first-order chi connectivity index (χ1) is 12.0. The molecule has 0 radical (unpaired) electrons. The van der Waals surface area contributed by atoms with E-state index in [4.69, 9.17) is 10.3 Å². The number of nitrogens with one attached hydrogen (secondary N) is 3. The molecule has 0 spiro atoms. The van der Waals surface area contributed by atoms with Crippen molar-refractivity contribution in [1.29, 1.82) is 0 Å². The molecule has 1 aromatic rings. The third-order valence-electron chi connectivity index (χ3n) is 3.60. The Kier molecular flexibility index (Phi) is 9.20. The molecule has 1 aromatic carbocycles. The lowest BCUT2D eigenvalue weighted by Gasteiger charge is -2.18. The summed E-state index contributed by atoms with van der Waals surface area (Å²) in [5, 5.41) is 22.6. The van der Waals surface area contributed by atoms with Crippen LogP contribution in [0.3, 0.4) is 0 Å². The van der Waals surface area contributed by atoms with E-state index in [-0.39, 0.29) is 19.4 Å². The van der Waals surface area contributed by atoms with Crippen molar-refractivity contribution in [3.8, 4) is 0 Å². The van der Waals surface area contributed by atoms with E-state index in [9.17, 15) is 14.4 Å². The average Bonchev–Trinajstić information content (AvgIpc) is 2.62. The van der Waals surface area contributed by atoms with Crippen molar-refractivity contribution >= 4 is 17.7 Å². The lowest BCUT2D eigenvalue weighted by Crippen LogP contribution is -2.47. The lowest BCUT2D eigenvalue weighted by atomic mass is 10.1. The summed E-state index contributed by atoms with van der Waals surface area (Å²) in [7, 11) is 0.